The number of hydrogen-bond acceptors (Lipinski definition) is 3. The topological polar surface area (TPSA) is 95.5 Å². The molecule has 2 rings (SSSR count). The zero-order valence-corrected chi connectivity index (χ0v) is 14.1. The normalized spacial score (nSPS) is 20.6. The zero-order valence-electron chi connectivity index (χ0n) is 12.5. The maximum Gasteiger partial charge on any atom is 0.306 e. The van der Waals surface area contributed by atoms with Crippen LogP contribution in [0.15, 0.2) is 28.7 Å². The Balaban J connectivity index is 1.72. The van der Waals surface area contributed by atoms with Gasteiger partial charge < -0.3 is 15.7 Å². The fraction of sp³-hybridized carbons (Fsp3) is 0.438. The van der Waals surface area contributed by atoms with Crippen molar-refractivity contribution in [3.63, 3.8) is 0 Å². The first-order valence-electron chi connectivity index (χ1n) is 7.51. The summed E-state index contributed by atoms with van der Waals surface area (Å²) in [6.07, 6.45) is 2.46. The maximum absolute atomic E-state index is 11.9. The molecule has 0 spiro atoms. The highest BCUT2D eigenvalue weighted by Gasteiger charge is 2.26. The molecule has 0 unspecified atom stereocenters. The molecule has 0 aromatic heterocycles. The summed E-state index contributed by atoms with van der Waals surface area (Å²) in [5, 5.41) is 14.4. The lowest BCUT2D eigenvalue weighted by Crippen LogP contribution is -2.43. The largest absolute Gasteiger partial charge is 0.481 e. The number of carboxylic acids is 1. The van der Waals surface area contributed by atoms with E-state index in [1.165, 1.54) is 0 Å². The Morgan fingerprint density at radius 3 is 2.26 bits per heavy atom. The van der Waals surface area contributed by atoms with Crippen LogP contribution < -0.4 is 10.6 Å². The second kappa shape index (κ2) is 8.10. The minimum Gasteiger partial charge on any atom is -0.481 e. The standard InChI is InChI=1S/C16H19BrN2O4/c17-12-5-1-10(2-6-12)15(21)18-9-14(20)19-13-7-3-11(4-8-13)16(22)23/h1-2,5-6,11,13H,3-4,7-9H2,(H,18,21)(H,19,20)(H,22,23). The molecule has 1 aliphatic rings. The lowest BCUT2D eigenvalue weighted by atomic mass is 9.86. The smallest absolute Gasteiger partial charge is 0.306 e. The van der Waals surface area contributed by atoms with Gasteiger partial charge in [0.15, 0.2) is 0 Å². The summed E-state index contributed by atoms with van der Waals surface area (Å²) < 4.78 is 0.878. The van der Waals surface area contributed by atoms with Gasteiger partial charge in [0.2, 0.25) is 5.91 Å². The summed E-state index contributed by atoms with van der Waals surface area (Å²) in [5.74, 6) is -1.63. The molecule has 2 amide bonds. The van der Waals surface area contributed by atoms with Gasteiger partial charge in [-0.25, -0.2) is 0 Å². The minimum atomic E-state index is -0.767. The summed E-state index contributed by atoms with van der Waals surface area (Å²) >= 11 is 3.29. The molecule has 7 heteroatoms. The van der Waals surface area contributed by atoms with Crippen LogP contribution in [0.5, 0.6) is 0 Å². The number of rotatable bonds is 5. The van der Waals surface area contributed by atoms with Crippen molar-refractivity contribution in [2.24, 2.45) is 5.92 Å². The molecule has 0 bridgehead atoms. The van der Waals surface area contributed by atoms with Crippen LogP contribution in [0.2, 0.25) is 0 Å². The molecule has 0 aliphatic heterocycles. The minimum absolute atomic E-state index is 0.0114. The lowest BCUT2D eigenvalue weighted by Gasteiger charge is -2.26. The van der Waals surface area contributed by atoms with E-state index in [-0.39, 0.29) is 30.3 Å². The molecule has 0 saturated heterocycles. The third-order valence-corrected chi connectivity index (χ3v) is 4.49. The van der Waals surface area contributed by atoms with Crippen molar-refractivity contribution in [3.8, 4) is 0 Å². The third-order valence-electron chi connectivity index (χ3n) is 3.96. The van der Waals surface area contributed by atoms with Crippen molar-refractivity contribution in [1.82, 2.24) is 10.6 Å². The predicted octanol–water partition coefficient (Wildman–Crippen LogP) is 1.94. The van der Waals surface area contributed by atoms with E-state index in [0.717, 1.165) is 4.47 Å². The van der Waals surface area contributed by atoms with Gasteiger partial charge in [-0.15, -0.1) is 0 Å². The Morgan fingerprint density at radius 2 is 1.70 bits per heavy atom. The van der Waals surface area contributed by atoms with E-state index in [1.807, 2.05) is 0 Å². The Morgan fingerprint density at radius 1 is 1.09 bits per heavy atom. The number of halogens is 1. The van der Waals surface area contributed by atoms with Crippen LogP contribution in [-0.4, -0.2) is 35.5 Å². The van der Waals surface area contributed by atoms with Gasteiger partial charge in [0.05, 0.1) is 12.5 Å². The first kappa shape index (κ1) is 17.5. The van der Waals surface area contributed by atoms with Crippen LogP contribution in [0, 0.1) is 5.92 Å². The van der Waals surface area contributed by atoms with Gasteiger partial charge in [-0.3, -0.25) is 14.4 Å². The molecule has 6 nitrogen and oxygen atoms in total. The van der Waals surface area contributed by atoms with Crippen LogP contribution in [0.1, 0.15) is 36.0 Å². The van der Waals surface area contributed by atoms with Crippen molar-refractivity contribution in [3.05, 3.63) is 34.3 Å². The van der Waals surface area contributed by atoms with Crippen LogP contribution in [0.3, 0.4) is 0 Å². The van der Waals surface area contributed by atoms with E-state index in [9.17, 15) is 14.4 Å². The van der Waals surface area contributed by atoms with Crippen LogP contribution in [0.25, 0.3) is 0 Å². The number of carbonyl (C=O) groups is 3. The van der Waals surface area contributed by atoms with E-state index in [2.05, 4.69) is 26.6 Å². The number of carboxylic acid groups (broad SMARTS) is 1. The molecule has 0 radical (unpaired) electrons. The Bertz CT molecular complexity index is 580. The highest BCUT2D eigenvalue weighted by Crippen LogP contribution is 2.24. The van der Waals surface area contributed by atoms with E-state index >= 15 is 0 Å². The van der Waals surface area contributed by atoms with Crippen molar-refractivity contribution in [1.29, 1.82) is 0 Å². The van der Waals surface area contributed by atoms with E-state index in [0.29, 0.717) is 31.2 Å². The second-order valence-corrected chi connectivity index (χ2v) is 6.56. The van der Waals surface area contributed by atoms with Gasteiger partial charge in [0, 0.05) is 16.1 Å². The van der Waals surface area contributed by atoms with E-state index < -0.39 is 5.97 Å². The monoisotopic (exact) mass is 382 g/mol. The van der Waals surface area contributed by atoms with Crippen LogP contribution in [-0.2, 0) is 9.59 Å². The summed E-state index contributed by atoms with van der Waals surface area (Å²) in [6.45, 7) is -0.0895. The van der Waals surface area contributed by atoms with Gasteiger partial charge in [-0.05, 0) is 49.9 Å². The fourth-order valence-electron chi connectivity index (χ4n) is 2.63. The van der Waals surface area contributed by atoms with Gasteiger partial charge in [0.1, 0.15) is 0 Å². The maximum atomic E-state index is 11.9. The first-order valence-corrected chi connectivity index (χ1v) is 8.31. The number of nitrogens with one attached hydrogen (secondary N) is 2. The average molecular weight is 383 g/mol. The molecule has 0 atom stereocenters. The van der Waals surface area contributed by atoms with Crippen molar-refractivity contribution in [2.45, 2.75) is 31.7 Å². The first-order chi connectivity index (χ1) is 11.0. The van der Waals surface area contributed by atoms with Gasteiger partial charge in [-0.2, -0.15) is 0 Å². The quantitative estimate of drug-likeness (QED) is 0.724. The summed E-state index contributed by atoms with van der Waals surface area (Å²) in [5.41, 5.74) is 0.489. The fourth-order valence-corrected chi connectivity index (χ4v) is 2.89. The van der Waals surface area contributed by atoms with E-state index in [1.54, 1.807) is 24.3 Å². The summed E-state index contributed by atoms with van der Waals surface area (Å²) in [4.78, 5) is 34.6. The zero-order chi connectivity index (χ0) is 16.8. The summed E-state index contributed by atoms with van der Waals surface area (Å²) in [6, 6.07) is 6.85. The number of benzene rings is 1. The molecule has 124 valence electrons. The molecule has 3 N–H and O–H groups in total. The highest BCUT2D eigenvalue weighted by molar-refractivity contribution is 9.10. The van der Waals surface area contributed by atoms with Gasteiger partial charge >= 0.3 is 5.97 Å². The summed E-state index contributed by atoms with van der Waals surface area (Å²) in [7, 11) is 0. The Labute approximate surface area is 142 Å². The molecule has 1 saturated carbocycles. The van der Waals surface area contributed by atoms with Crippen LogP contribution >= 0.6 is 15.9 Å². The number of carbonyl (C=O) groups excluding carboxylic acids is 2. The second-order valence-electron chi connectivity index (χ2n) is 5.64. The molecular weight excluding hydrogens is 364 g/mol. The van der Waals surface area contributed by atoms with Crippen molar-refractivity contribution >= 4 is 33.7 Å². The number of aliphatic carboxylic acids is 1. The van der Waals surface area contributed by atoms with Gasteiger partial charge in [-0.1, -0.05) is 15.9 Å². The van der Waals surface area contributed by atoms with E-state index in [4.69, 9.17) is 5.11 Å². The van der Waals surface area contributed by atoms with Crippen molar-refractivity contribution in [2.75, 3.05) is 6.54 Å². The Hall–Kier alpha value is -1.89. The highest BCUT2D eigenvalue weighted by atomic mass is 79.9. The van der Waals surface area contributed by atoms with Crippen LogP contribution in [0.4, 0.5) is 0 Å². The Kier molecular flexibility index (Phi) is 6.15. The average Bonchev–Trinajstić information content (AvgIpc) is 2.54. The predicted molar refractivity (Wildman–Crippen MR) is 88.0 cm³/mol. The molecule has 1 aliphatic carbocycles. The lowest BCUT2D eigenvalue weighted by molar-refractivity contribution is -0.142. The van der Waals surface area contributed by atoms with Gasteiger partial charge in [0.25, 0.3) is 5.91 Å². The molecule has 23 heavy (non-hydrogen) atoms. The third kappa shape index (κ3) is 5.35. The molecular formula is C16H19BrN2O4. The molecule has 1 aromatic carbocycles. The molecule has 1 aromatic rings. The number of amides is 2. The SMILES string of the molecule is O=C(CNC(=O)c1ccc(Br)cc1)NC1CCC(C(=O)O)CC1. The number of hydrogen-bond donors (Lipinski definition) is 3. The molecule has 1 fully saturated rings. The van der Waals surface area contributed by atoms with Crippen molar-refractivity contribution < 1.29 is 19.5 Å². The molecule has 0 heterocycles.